The topological polar surface area (TPSA) is 6.48 Å². The second kappa shape index (κ2) is 26.9. The monoisotopic (exact) mass is 777 g/mol. The van der Waals surface area contributed by atoms with Gasteiger partial charge in [0.2, 0.25) is 0 Å². The molecule has 2 rings (SSSR count). The molecule has 0 spiro atoms. The van der Waals surface area contributed by atoms with Crippen molar-refractivity contribution in [3.05, 3.63) is 284 Å². The first-order valence-electron chi connectivity index (χ1n) is 20.0. The van der Waals surface area contributed by atoms with E-state index < -0.39 is 0 Å². The van der Waals surface area contributed by atoms with Crippen molar-refractivity contribution < 1.29 is 0 Å². The molecular formula is C57H64N2. The zero-order valence-corrected chi connectivity index (χ0v) is 36.5. The summed E-state index contributed by atoms with van der Waals surface area (Å²) in [5.41, 5.74) is 13.2. The number of hydrogen-bond acceptors (Lipinski definition) is 2. The van der Waals surface area contributed by atoms with Gasteiger partial charge in [0, 0.05) is 34.2 Å². The summed E-state index contributed by atoms with van der Waals surface area (Å²) >= 11 is 0. The van der Waals surface area contributed by atoms with Gasteiger partial charge in [-0.2, -0.15) is 0 Å². The van der Waals surface area contributed by atoms with Gasteiger partial charge in [-0.15, -0.1) is 0 Å². The molecule has 0 fully saturated rings. The largest absolute Gasteiger partial charge is 0.315 e. The highest BCUT2D eigenvalue weighted by molar-refractivity contribution is 6.06. The van der Waals surface area contributed by atoms with Crippen molar-refractivity contribution in [1.29, 1.82) is 0 Å². The maximum Gasteiger partial charge on any atom is 0.0462 e. The van der Waals surface area contributed by atoms with E-state index in [1.54, 1.807) is 12.2 Å². The minimum absolute atomic E-state index is 0.852. The molecule has 302 valence electrons. The Morgan fingerprint density at radius 3 is 1.54 bits per heavy atom. The molecule has 0 amide bonds. The summed E-state index contributed by atoms with van der Waals surface area (Å²) in [5.74, 6) is 0. The fraction of sp³-hybridized carbons (Fsp3) is 0.123. The Morgan fingerprint density at radius 1 is 0.475 bits per heavy atom. The van der Waals surface area contributed by atoms with Gasteiger partial charge in [-0.25, -0.2) is 0 Å². The molecule has 0 unspecified atom stereocenters. The average Bonchev–Trinajstić information content (AvgIpc) is 3.26. The van der Waals surface area contributed by atoms with Crippen LogP contribution in [0.3, 0.4) is 0 Å². The van der Waals surface area contributed by atoms with Crippen molar-refractivity contribution in [2.24, 2.45) is 0 Å². The van der Waals surface area contributed by atoms with E-state index in [1.807, 2.05) is 88.4 Å². The van der Waals surface area contributed by atoms with Crippen LogP contribution in [-0.4, -0.2) is 4.90 Å². The van der Waals surface area contributed by atoms with E-state index in [-0.39, 0.29) is 0 Å². The van der Waals surface area contributed by atoms with Crippen LogP contribution in [0.2, 0.25) is 0 Å². The highest BCUT2D eigenvalue weighted by atomic mass is 15.2. The normalized spacial score (nSPS) is 14.6. The summed E-state index contributed by atoms with van der Waals surface area (Å²) in [7, 11) is 0. The Hall–Kier alpha value is -6.90. The van der Waals surface area contributed by atoms with Crippen molar-refractivity contribution in [3.8, 4) is 0 Å². The molecule has 0 aliphatic rings. The van der Waals surface area contributed by atoms with E-state index in [0.717, 1.165) is 73.2 Å². The molecule has 0 bridgehead atoms. The SMILES string of the molecule is C=C/C=C\C(=C/C)N(/C(C)=C/C=C(\C=C)N(/C(C=C)=C/C=C(/C)C=C)c1ccc(C(=C(C(/C=C\C)=C/C=C)c2ccccc2)C(/C=C\C)=C/C)cc1)C(/C=C\C)=C/C=C. The van der Waals surface area contributed by atoms with Gasteiger partial charge in [0.15, 0.2) is 0 Å². The zero-order chi connectivity index (χ0) is 43.6. The van der Waals surface area contributed by atoms with Gasteiger partial charge in [0.05, 0.1) is 0 Å². The fourth-order valence-corrected chi connectivity index (χ4v) is 6.32. The zero-order valence-electron chi connectivity index (χ0n) is 36.5. The van der Waals surface area contributed by atoms with Gasteiger partial charge in [-0.3, -0.25) is 0 Å². The molecule has 0 saturated heterocycles. The molecule has 0 aliphatic carbocycles. The number of nitrogens with zero attached hydrogens (tertiary/aromatic N) is 2. The number of benzene rings is 2. The lowest BCUT2D eigenvalue weighted by molar-refractivity contribution is 0.559. The van der Waals surface area contributed by atoms with Crippen LogP contribution in [0.1, 0.15) is 59.6 Å². The summed E-state index contributed by atoms with van der Waals surface area (Å²) in [4.78, 5) is 4.35. The third-order valence-electron chi connectivity index (χ3n) is 9.07. The summed E-state index contributed by atoms with van der Waals surface area (Å²) in [6, 6.07) is 19.2. The number of anilines is 1. The Morgan fingerprint density at radius 2 is 1.03 bits per heavy atom. The molecular weight excluding hydrogens is 713 g/mol. The first kappa shape index (κ1) is 48.2. The van der Waals surface area contributed by atoms with Crippen LogP contribution >= 0.6 is 0 Å². The van der Waals surface area contributed by atoms with Gasteiger partial charge in [0.25, 0.3) is 0 Å². The molecule has 0 N–H and O–H groups in total. The number of allylic oxidation sites excluding steroid dienone is 28. The fourth-order valence-electron chi connectivity index (χ4n) is 6.32. The van der Waals surface area contributed by atoms with Gasteiger partial charge < -0.3 is 9.80 Å². The van der Waals surface area contributed by atoms with Crippen LogP contribution in [0.4, 0.5) is 5.69 Å². The first-order chi connectivity index (χ1) is 28.7. The second-order valence-corrected chi connectivity index (χ2v) is 13.1. The summed E-state index contributed by atoms with van der Waals surface area (Å²) in [5, 5.41) is 0. The Balaban J connectivity index is 3.13. The molecule has 2 heteroatoms. The predicted octanol–water partition coefficient (Wildman–Crippen LogP) is 16.4. The summed E-state index contributed by atoms with van der Waals surface area (Å²) < 4.78 is 0. The minimum Gasteiger partial charge on any atom is -0.315 e. The van der Waals surface area contributed by atoms with Crippen LogP contribution < -0.4 is 4.90 Å². The number of hydrogen-bond donors (Lipinski definition) is 0. The van der Waals surface area contributed by atoms with Crippen molar-refractivity contribution in [2.45, 2.75) is 48.5 Å². The minimum atomic E-state index is 0.852. The molecule has 2 aromatic rings. The Bertz CT molecular complexity index is 2200. The van der Waals surface area contributed by atoms with E-state index in [2.05, 4.69) is 185 Å². The third kappa shape index (κ3) is 13.9. The summed E-state index contributed by atoms with van der Waals surface area (Å²) in [6.45, 7) is 38.8. The van der Waals surface area contributed by atoms with Crippen molar-refractivity contribution >= 4 is 16.8 Å². The predicted molar refractivity (Wildman–Crippen MR) is 266 cm³/mol. The molecule has 0 aliphatic heterocycles. The molecule has 0 heterocycles. The van der Waals surface area contributed by atoms with Crippen LogP contribution in [0.25, 0.3) is 11.1 Å². The van der Waals surface area contributed by atoms with Crippen LogP contribution in [-0.2, 0) is 0 Å². The molecule has 0 aromatic heterocycles. The standard InChI is InChI=1S/C57H64N2/c1-14-25-36-51(22-9)58(54(32-18-5)33-19-6)46(13)38-42-53(24-11)59(52(23-10)41-37-45(12)20-7)55-43-39-50(40-44-55)56(47(21-8)29-15-2)57(48(30-16-3)31-17-4)49-34-27-26-28-35-49/h14-44H,1,3,5,7,10-11H2,2,4,6,8-9,12-13H3/b29-15-,31-17-,33-19-,36-25-,45-37-,46-38+,47-21+,48-30+,51-22+,52-41+,53-42+,54-32+,57-56?. The molecule has 0 radical (unpaired) electrons. The lowest BCUT2D eigenvalue weighted by Crippen LogP contribution is -2.20. The Labute approximate surface area is 357 Å². The van der Waals surface area contributed by atoms with Crippen molar-refractivity contribution in [2.75, 3.05) is 4.90 Å². The Kier molecular flexibility index (Phi) is 22.0. The molecule has 0 saturated carbocycles. The van der Waals surface area contributed by atoms with Gasteiger partial charge in [-0.1, -0.05) is 173 Å². The lowest BCUT2D eigenvalue weighted by atomic mass is 9.84. The highest BCUT2D eigenvalue weighted by Crippen LogP contribution is 2.39. The van der Waals surface area contributed by atoms with Crippen LogP contribution in [0, 0.1) is 0 Å². The molecule has 2 aromatic carbocycles. The lowest BCUT2D eigenvalue weighted by Gasteiger charge is -2.29. The molecule has 0 atom stereocenters. The third-order valence-corrected chi connectivity index (χ3v) is 9.07. The van der Waals surface area contributed by atoms with E-state index in [1.165, 1.54) is 0 Å². The number of rotatable bonds is 22. The second-order valence-electron chi connectivity index (χ2n) is 13.1. The van der Waals surface area contributed by atoms with E-state index in [4.69, 9.17) is 0 Å². The van der Waals surface area contributed by atoms with E-state index in [9.17, 15) is 0 Å². The van der Waals surface area contributed by atoms with Crippen LogP contribution in [0.5, 0.6) is 0 Å². The average molecular weight is 777 g/mol. The van der Waals surface area contributed by atoms with Gasteiger partial charge in [-0.05, 0) is 143 Å². The van der Waals surface area contributed by atoms with Gasteiger partial charge >= 0.3 is 0 Å². The van der Waals surface area contributed by atoms with Gasteiger partial charge in [0.1, 0.15) is 0 Å². The van der Waals surface area contributed by atoms with Crippen molar-refractivity contribution in [1.82, 2.24) is 4.90 Å². The quantitative estimate of drug-likeness (QED) is 0.0868. The smallest absolute Gasteiger partial charge is 0.0462 e. The summed E-state index contributed by atoms with van der Waals surface area (Å²) in [6.07, 6.45) is 44.1. The highest BCUT2D eigenvalue weighted by Gasteiger charge is 2.19. The van der Waals surface area contributed by atoms with Crippen LogP contribution in [0.15, 0.2) is 273 Å². The molecule has 2 nitrogen and oxygen atoms in total. The maximum atomic E-state index is 4.30. The van der Waals surface area contributed by atoms with Crippen molar-refractivity contribution in [3.63, 3.8) is 0 Å². The first-order valence-corrected chi connectivity index (χ1v) is 20.0. The van der Waals surface area contributed by atoms with E-state index in [0.29, 0.717) is 0 Å². The van der Waals surface area contributed by atoms with E-state index >= 15 is 0 Å². The maximum absolute atomic E-state index is 4.30. The molecule has 59 heavy (non-hydrogen) atoms.